The van der Waals surface area contributed by atoms with Gasteiger partial charge in [0.05, 0.1) is 20.3 Å². The third-order valence-electron chi connectivity index (χ3n) is 5.93. The molecule has 4 aromatic carbocycles. The molecule has 4 aromatic rings. The lowest BCUT2D eigenvalue weighted by molar-refractivity contribution is 0.0689. The Balaban J connectivity index is 1.87. The van der Waals surface area contributed by atoms with Crippen LogP contribution in [0.1, 0.15) is 38.7 Å². The van der Waals surface area contributed by atoms with Crippen LogP contribution in [0.25, 0.3) is 0 Å². The van der Waals surface area contributed by atoms with E-state index >= 15 is 0 Å². The first-order valence-corrected chi connectivity index (χ1v) is 11.3. The molecular formula is C30H29NO3. The van der Waals surface area contributed by atoms with Gasteiger partial charge in [0, 0.05) is 17.7 Å². The van der Waals surface area contributed by atoms with Gasteiger partial charge in [-0.1, -0.05) is 78.4 Å². The van der Waals surface area contributed by atoms with Crippen molar-refractivity contribution in [3.05, 3.63) is 131 Å². The Bertz CT molecular complexity index is 1220. The monoisotopic (exact) mass is 451 g/mol. The second-order valence-corrected chi connectivity index (χ2v) is 8.20. The lowest BCUT2D eigenvalue weighted by Crippen LogP contribution is -2.35. The van der Waals surface area contributed by atoms with Crippen molar-refractivity contribution in [2.24, 2.45) is 0 Å². The number of hydrogen-bond acceptors (Lipinski definition) is 3. The summed E-state index contributed by atoms with van der Waals surface area (Å²) in [6.45, 7) is 2.51. The van der Waals surface area contributed by atoms with Crippen molar-refractivity contribution in [3.63, 3.8) is 0 Å². The number of para-hydroxylation sites is 1. The van der Waals surface area contributed by atoms with Crippen LogP contribution in [0.5, 0.6) is 11.5 Å². The summed E-state index contributed by atoms with van der Waals surface area (Å²) in [5.41, 5.74) is 4.78. The van der Waals surface area contributed by atoms with E-state index in [2.05, 4.69) is 31.2 Å². The fourth-order valence-corrected chi connectivity index (χ4v) is 4.13. The Morgan fingerprint density at radius 2 is 1.41 bits per heavy atom. The summed E-state index contributed by atoms with van der Waals surface area (Å²) in [5.74, 6) is 1.39. The number of hydrogen-bond donors (Lipinski definition) is 0. The number of carbonyl (C=O) groups excluding carboxylic acids is 1. The van der Waals surface area contributed by atoms with Crippen LogP contribution >= 0.6 is 0 Å². The standard InChI is InChI=1S/C30H29NO3/c1-22-13-15-24(16-14-22)29(27-11-7-8-12-28(27)34-3)31(21-23-9-5-4-6-10-23)30(32)25-17-19-26(33-2)20-18-25/h4-20,29H,21H2,1-3H3. The fraction of sp³-hybridized carbons (Fsp3) is 0.167. The van der Waals surface area contributed by atoms with Crippen LogP contribution in [0.3, 0.4) is 0 Å². The zero-order valence-electron chi connectivity index (χ0n) is 19.8. The Morgan fingerprint density at radius 3 is 2.06 bits per heavy atom. The number of carbonyl (C=O) groups is 1. The zero-order chi connectivity index (χ0) is 23.9. The Kier molecular flexibility index (Phi) is 7.28. The van der Waals surface area contributed by atoms with Crippen molar-refractivity contribution in [1.29, 1.82) is 0 Å². The van der Waals surface area contributed by atoms with Crippen LogP contribution in [-0.4, -0.2) is 25.0 Å². The molecule has 0 fully saturated rings. The van der Waals surface area contributed by atoms with Gasteiger partial charge < -0.3 is 14.4 Å². The van der Waals surface area contributed by atoms with Gasteiger partial charge in [0.25, 0.3) is 5.91 Å². The summed E-state index contributed by atoms with van der Waals surface area (Å²) in [5, 5.41) is 0. The van der Waals surface area contributed by atoms with Gasteiger partial charge >= 0.3 is 0 Å². The second kappa shape index (κ2) is 10.7. The number of rotatable bonds is 8. The molecule has 0 aliphatic carbocycles. The second-order valence-electron chi connectivity index (χ2n) is 8.20. The van der Waals surface area contributed by atoms with Crippen molar-refractivity contribution in [2.45, 2.75) is 19.5 Å². The summed E-state index contributed by atoms with van der Waals surface area (Å²) in [6.07, 6.45) is 0. The molecule has 0 aliphatic rings. The van der Waals surface area contributed by atoms with E-state index in [9.17, 15) is 4.79 Å². The van der Waals surface area contributed by atoms with E-state index in [1.54, 1.807) is 14.2 Å². The molecule has 0 spiro atoms. The highest BCUT2D eigenvalue weighted by atomic mass is 16.5. The lowest BCUT2D eigenvalue weighted by Gasteiger charge is -2.34. The predicted molar refractivity (Wildman–Crippen MR) is 135 cm³/mol. The molecule has 4 nitrogen and oxygen atoms in total. The highest BCUT2D eigenvalue weighted by Crippen LogP contribution is 2.37. The van der Waals surface area contributed by atoms with Crippen LogP contribution in [0.15, 0.2) is 103 Å². The number of aryl methyl sites for hydroxylation is 1. The van der Waals surface area contributed by atoms with Gasteiger partial charge in [0.2, 0.25) is 0 Å². The number of ether oxygens (including phenoxy) is 2. The lowest BCUT2D eigenvalue weighted by atomic mass is 9.94. The first-order valence-electron chi connectivity index (χ1n) is 11.3. The zero-order valence-corrected chi connectivity index (χ0v) is 19.8. The van der Waals surface area contributed by atoms with E-state index in [1.165, 1.54) is 5.56 Å². The molecule has 0 aromatic heterocycles. The maximum absolute atomic E-state index is 14.0. The minimum absolute atomic E-state index is 0.0667. The van der Waals surface area contributed by atoms with Crippen molar-refractivity contribution in [3.8, 4) is 11.5 Å². The third-order valence-corrected chi connectivity index (χ3v) is 5.93. The number of benzene rings is 4. The minimum Gasteiger partial charge on any atom is -0.497 e. The average Bonchev–Trinajstić information content (AvgIpc) is 2.90. The SMILES string of the molecule is COc1ccc(C(=O)N(Cc2ccccc2)C(c2ccc(C)cc2)c2ccccc2OC)cc1. The molecule has 0 saturated carbocycles. The summed E-state index contributed by atoms with van der Waals surface area (Å²) in [4.78, 5) is 16.0. The molecule has 1 atom stereocenters. The average molecular weight is 452 g/mol. The van der Waals surface area contributed by atoms with Gasteiger partial charge in [-0.25, -0.2) is 0 Å². The van der Waals surface area contributed by atoms with Gasteiger partial charge in [-0.2, -0.15) is 0 Å². The summed E-state index contributed by atoms with van der Waals surface area (Å²) < 4.78 is 11.0. The maximum Gasteiger partial charge on any atom is 0.254 e. The molecular weight excluding hydrogens is 422 g/mol. The molecule has 0 radical (unpaired) electrons. The van der Waals surface area contributed by atoms with E-state index in [0.29, 0.717) is 17.9 Å². The molecule has 0 aliphatic heterocycles. The van der Waals surface area contributed by atoms with Crippen molar-refractivity contribution in [2.75, 3.05) is 14.2 Å². The number of amides is 1. The summed E-state index contributed by atoms with van der Waals surface area (Å²) >= 11 is 0. The molecule has 4 rings (SSSR count). The third kappa shape index (κ3) is 5.12. The van der Waals surface area contributed by atoms with Crippen molar-refractivity contribution < 1.29 is 14.3 Å². The predicted octanol–water partition coefficient (Wildman–Crippen LogP) is 6.44. The van der Waals surface area contributed by atoms with Gasteiger partial charge in [0.1, 0.15) is 11.5 Å². The topological polar surface area (TPSA) is 38.8 Å². The normalized spacial score (nSPS) is 11.5. The molecule has 34 heavy (non-hydrogen) atoms. The van der Waals surface area contributed by atoms with E-state index in [4.69, 9.17) is 9.47 Å². The van der Waals surface area contributed by atoms with E-state index in [-0.39, 0.29) is 11.9 Å². The fourth-order valence-electron chi connectivity index (χ4n) is 4.13. The Morgan fingerprint density at radius 1 is 0.765 bits per heavy atom. The highest BCUT2D eigenvalue weighted by Gasteiger charge is 2.30. The van der Waals surface area contributed by atoms with Crippen LogP contribution < -0.4 is 9.47 Å². The van der Waals surface area contributed by atoms with Crippen molar-refractivity contribution in [1.82, 2.24) is 4.90 Å². The smallest absolute Gasteiger partial charge is 0.254 e. The number of nitrogens with zero attached hydrogens (tertiary/aromatic N) is 1. The van der Waals surface area contributed by atoms with Crippen LogP contribution in [0.2, 0.25) is 0 Å². The molecule has 0 bridgehead atoms. The van der Waals surface area contributed by atoms with E-state index in [0.717, 1.165) is 22.4 Å². The molecule has 4 heteroatoms. The van der Waals surface area contributed by atoms with Gasteiger partial charge in [0.15, 0.2) is 0 Å². The molecule has 0 N–H and O–H groups in total. The molecule has 1 amide bonds. The quantitative estimate of drug-likeness (QED) is 0.309. The summed E-state index contributed by atoms with van der Waals surface area (Å²) in [7, 11) is 3.28. The molecule has 0 heterocycles. The summed E-state index contributed by atoms with van der Waals surface area (Å²) in [6, 6.07) is 33.2. The molecule has 1 unspecified atom stereocenters. The van der Waals surface area contributed by atoms with Crippen LogP contribution in [-0.2, 0) is 6.54 Å². The largest absolute Gasteiger partial charge is 0.497 e. The number of methoxy groups -OCH3 is 2. The van der Waals surface area contributed by atoms with Crippen LogP contribution in [0.4, 0.5) is 0 Å². The van der Waals surface area contributed by atoms with Gasteiger partial charge in [-0.15, -0.1) is 0 Å². The van der Waals surface area contributed by atoms with Crippen LogP contribution in [0, 0.1) is 6.92 Å². The Hall–Kier alpha value is -4.05. The maximum atomic E-state index is 14.0. The Labute approximate surface area is 201 Å². The first-order chi connectivity index (χ1) is 16.6. The minimum atomic E-state index is -0.341. The van der Waals surface area contributed by atoms with Crippen molar-refractivity contribution >= 4 is 5.91 Å². The van der Waals surface area contributed by atoms with E-state index in [1.807, 2.05) is 83.8 Å². The van der Waals surface area contributed by atoms with E-state index < -0.39 is 0 Å². The van der Waals surface area contributed by atoms with Gasteiger partial charge in [-0.3, -0.25) is 4.79 Å². The highest BCUT2D eigenvalue weighted by molar-refractivity contribution is 5.95. The molecule has 0 saturated heterocycles. The van der Waals surface area contributed by atoms with Gasteiger partial charge in [-0.05, 0) is 48.4 Å². The first kappa shape index (κ1) is 23.1. The molecule has 172 valence electrons.